The van der Waals surface area contributed by atoms with Gasteiger partial charge in [0.2, 0.25) is 0 Å². The van der Waals surface area contributed by atoms with Crippen LogP contribution in [0, 0.1) is 5.92 Å². The van der Waals surface area contributed by atoms with E-state index in [0.29, 0.717) is 24.1 Å². The summed E-state index contributed by atoms with van der Waals surface area (Å²) in [6.07, 6.45) is -0.519. The Morgan fingerprint density at radius 1 is 1.47 bits per heavy atom. The molecule has 0 radical (unpaired) electrons. The van der Waals surface area contributed by atoms with Crippen molar-refractivity contribution in [1.82, 2.24) is 4.98 Å². The van der Waals surface area contributed by atoms with Gasteiger partial charge in [-0.15, -0.1) is 0 Å². The van der Waals surface area contributed by atoms with Crippen LogP contribution >= 0.6 is 0 Å². The molecule has 1 fully saturated rings. The Bertz CT molecular complexity index is 450. The smallest absolute Gasteiger partial charge is 0.391 e. The highest BCUT2D eigenvalue weighted by Crippen LogP contribution is 2.43. The summed E-state index contributed by atoms with van der Waals surface area (Å²) in [7, 11) is 0. The maximum Gasteiger partial charge on any atom is 0.391 e. The SMILES string of the molecule is Nc1ccncc1CC1(O)CCCC(C(F)(F)F)C1. The zero-order chi connectivity index (χ0) is 14.1. The summed E-state index contributed by atoms with van der Waals surface area (Å²) >= 11 is 0. The molecule has 2 atom stereocenters. The molecule has 2 unspecified atom stereocenters. The Morgan fingerprint density at radius 3 is 2.84 bits per heavy atom. The number of nitrogens with two attached hydrogens (primary N) is 1. The highest BCUT2D eigenvalue weighted by Gasteiger charge is 2.47. The van der Waals surface area contributed by atoms with Gasteiger partial charge in [0.15, 0.2) is 0 Å². The minimum atomic E-state index is -4.24. The van der Waals surface area contributed by atoms with Gasteiger partial charge in [-0.3, -0.25) is 4.98 Å². The molecule has 1 heterocycles. The molecular formula is C13H17F3N2O. The second kappa shape index (κ2) is 5.00. The van der Waals surface area contributed by atoms with Gasteiger partial charge in [-0.05, 0) is 37.3 Å². The normalized spacial score (nSPS) is 28.3. The number of pyridine rings is 1. The molecule has 1 aliphatic rings. The van der Waals surface area contributed by atoms with Crippen LogP contribution in [0.15, 0.2) is 18.5 Å². The first-order valence-electron chi connectivity index (χ1n) is 6.28. The molecule has 0 spiro atoms. The summed E-state index contributed by atoms with van der Waals surface area (Å²) in [6, 6.07) is 1.59. The van der Waals surface area contributed by atoms with Gasteiger partial charge in [-0.25, -0.2) is 0 Å². The fourth-order valence-corrected chi connectivity index (χ4v) is 2.72. The fraction of sp³-hybridized carbons (Fsp3) is 0.615. The van der Waals surface area contributed by atoms with E-state index in [4.69, 9.17) is 5.73 Å². The zero-order valence-corrected chi connectivity index (χ0v) is 10.5. The van der Waals surface area contributed by atoms with Gasteiger partial charge in [0, 0.05) is 24.5 Å². The summed E-state index contributed by atoms with van der Waals surface area (Å²) in [4.78, 5) is 3.90. The van der Waals surface area contributed by atoms with Crippen molar-refractivity contribution >= 4 is 5.69 Å². The Hall–Kier alpha value is -1.30. The van der Waals surface area contributed by atoms with E-state index in [-0.39, 0.29) is 19.3 Å². The number of aromatic nitrogens is 1. The van der Waals surface area contributed by atoms with Gasteiger partial charge in [0.1, 0.15) is 0 Å². The monoisotopic (exact) mass is 274 g/mol. The lowest BCUT2D eigenvalue weighted by Gasteiger charge is -2.37. The van der Waals surface area contributed by atoms with Crippen molar-refractivity contribution in [2.24, 2.45) is 5.92 Å². The van der Waals surface area contributed by atoms with E-state index in [0.717, 1.165) is 0 Å². The molecule has 0 aromatic carbocycles. The number of hydrogen-bond acceptors (Lipinski definition) is 3. The first kappa shape index (κ1) is 14.1. The quantitative estimate of drug-likeness (QED) is 0.871. The Morgan fingerprint density at radius 2 is 2.21 bits per heavy atom. The van der Waals surface area contributed by atoms with Gasteiger partial charge < -0.3 is 10.8 Å². The number of hydrogen-bond donors (Lipinski definition) is 2. The molecule has 0 saturated heterocycles. The second-order valence-corrected chi connectivity index (χ2v) is 5.31. The zero-order valence-electron chi connectivity index (χ0n) is 10.5. The minimum Gasteiger partial charge on any atom is -0.398 e. The van der Waals surface area contributed by atoms with Crippen molar-refractivity contribution in [3.05, 3.63) is 24.0 Å². The summed E-state index contributed by atoms with van der Waals surface area (Å²) in [5.74, 6) is -1.43. The Labute approximate surface area is 109 Å². The minimum absolute atomic E-state index is 0.0916. The molecule has 3 nitrogen and oxygen atoms in total. The van der Waals surface area contributed by atoms with Crippen LogP contribution in [0.3, 0.4) is 0 Å². The largest absolute Gasteiger partial charge is 0.398 e. The Kier molecular flexibility index (Phi) is 3.71. The van der Waals surface area contributed by atoms with Gasteiger partial charge in [-0.2, -0.15) is 13.2 Å². The van der Waals surface area contributed by atoms with Crippen LogP contribution in [0.25, 0.3) is 0 Å². The van der Waals surface area contributed by atoms with Gasteiger partial charge in [0.05, 0.1) is 11.5 Å². The molecule has 19 heavy (non-hydrogen) atoms. The molecule has 106 valence electrons. The first-order valence-corrected chi connectivity index (χ1v) is 6.28. The highest BCUT2D eigenvalue weighted by atomic mass is 19.4. The number of halogens is 3. The van der Waals surface area contributed by atoms with E-state index in [1.807, 2.05) is 0 Å². The second-order valence-electron chi connectivity index (χ2n) is 5.31. The molecule has 0 amide bonds. The molecule has 0 bridgehead atoms. The van der Waals surface area contributed by atoms with Crippen LogP contribution in [0.2, 0.25) is 0 Å². The molecule has 1 aromatic rings. The molecular weight excluding hydrogens is 257 g/mol. The Balaban J connectivity index is 2.12. The van der Waals surface area contributed by atoms with E-state index in [2.05, 4.69) is 4.98 Å². The van der Waals surface area contributed by atoms with E-state index in [1.165, 1.54) is 12.4 Å². The number of nitrogen functional groups attached to an aromatic ring is 1. The third kappa shape index (κ3) is 3.37. The van der Waals surface area contributed by atoms with Crippen molar-refractivity contribution in [2.75, 3.05) is 5.73 Å². The van der Waals surface area contributed by atoms with Crippen LogP contribution in [-0.2, 0) is 6.42 Å². The highest BCUT2D eigenvalue weighted by molar-refractivity contribution is 5.45. The summed E-state index contributed by atoms with van der Waals surface area (Å²) < 4.78 is 38.3. The summed E-state index contributed by atoms with van der Waals surface area (Å²) in [5, 5.41) is 10.4. The van der Waals surface area contributed by atoms with E-state index >= 15 is 0 Å². The maximum atomic E-state index is 12.8. The molecule has 3 N–H and O–H groups in total. The van der Waals surface area contributed by atoms with Gasteiger partial charge in [-0.1, -0.05) is 0 Å². The van der Waals surface area contributed by atoms with Crippen LogP contribution in [0.1, 0.15) is 31.2 Å². The van der Waals surface area contributed by atoms with Crippen LogP contribution in [-0.4, -0.2) is 21.9 Å². The van der Waals surface area contributed by atoms with E-state index < -0.39 is 17.7 Å². The summed E-state index contributed by atoms with van der Waals surface area (Å²) in [5.41, 5.74) is 5.47. The molecule has 1 aromatic heterocycles. The molecule has 1 aliphatic carbocycles. The number of alkyl halides is 3. The van der Waals surface area contributed by atoms with E-state index in [1.54, 1.807) is 6.07 Å². The van der Waals surface area contributed by atoms with Crippen LogP contribution in [0.4, 0.5) is 18.9 Å². The topological polar surface area (TPSA) is 59.1 Å². The fourth-order valence-electron chi connectivity index (χ4n) is 2.72. The number of nitrogens with zero attached hydrogens (tertiary/aromatic N) is 1. The average Bonchev–Trinajstić information content (AvgIpc) is 2.31. The molecule has 2 rings (SSSR count). The first-order chi connectivity index (χ1) is 8.80. The van der Waals surface area contributed by atoms with Crippen LogP contribution < -0.4 is 5.73 Å². The van der Waals surface area contributed by atoms with Crippen LogP contribution in [0.5, 0.6) is 0 Å². The van der Waals surface area contributed by atoms with Crippen molar-refractivity contribution < 1.29 is 18.3 Å². The van der Waals surface area contributed by atoms with E-state index in [9.17, 15) is 18.3 Å². The third-order valence-electron chi connectivity index (χ3n) is 3.74. The average molecular weight is 274 g/mol. The standard InChI is InChI=1S/C13H17F3N2O/c14-13(15,16)10-2-1-4-12(19,7-10)6-9-8-18-5-3-11(9)17/h3,5,8,10,19H,1-2,4,6-7H2,(H2,17,18). The van der Waals surface area contributed by atoms with Crippen molar-refractivity contribution in [3.8, 4) is 0 Å². The number of aliphatic hydroxyl groups is 1. The van der Waals surface area contributed by atoms with Gasteiger partial charge >= 0.3 is 6.18 Å². The predicted octanol–water partition coefficient (Wildman–Crippen LogP) is 2.69. The van der Waals surface area contributed by atoms with Crippen molar-refractivity contribution in [2.45, 2.75) is 43.9 Å². The lowest BCUT2D eigenvalue weighted by atomic mass is 9.75. The molecule has 0 aliphatic heterocycles. The molecule has 6 heteroatoms. The maximum absolute atomic E-state index is 12.8. The number of anilines is 1. The van der Waals surface area contributed by atoms with Crippen molar-refractivity contribution in [3.63, 3.8) is 0 Å². The molecule has 1 saturated carbocycles. The summed E-state index contributed by atoms with van der Waals surface area (Å²) in [6.45, 7) is 0. The van der Waals surface area contributed by atoms with Gasteiger partial charge in [0.25, 0.3) is 0 Å². The number of rotatable bonds is 2. The van der Waals surface area contributed by atoms with Crippen molar-refractivity contribution in [1.29, 1.82) is 0 Å². The third-order valence-corrected chi connectivity index (χ3v) is 3.74. The lowest BCUT2D eigenvalue weighted by Crippen LogP contribution is -2.42. The predicted molar refractivity (Wildman–Crippen MR) is 65.3 cm³/mol. The lowest BCUT2D eigenvalue weighted by molar-refractivity contribution is -0.200.